The van der Waals surface area contributed by atoms with Gasteiger partial charge in [-0.2, -0.15) is 0 Å². The van der Waals surface area contributed by atoms with Gasteiger partial charge in [-0.3, -0.25) is 0 Å². The summed E-state index contributed by atoms with van der Waals surface area (Å²) in [6.07, 6.45) is 4.53. The average Bonchev–Trinajstić information content (AvgIpc) is 2.49. The van der Waals surface area contributed by atoms with E-state index >= 15 is 0 Å². The fraction of sp³-hybridized carbons (Fsp3) is 1.00. The highest BCUT2D eigenvalue weighted by molar-refractivity contribution is 9.09. The molecule has 0 aliphatic rings. The summed E-state index contributed by atoms with van der Waals surface area (Å²) in [5, 5.41) is 2.02. The number of halogens is 2. The summed E-state index contributed by atoms with van der Waals surface area (Å²) < 4.78 is 16.5. The number of hydrogen-bond acceptors (Lipinski definition) is 3. The van der Waals surface area contributed by atoms with Crippen molar-refractivity contribution in [1.29, 1.82) is 0 Å². The molecule has 0 atom stereocenters. The van der Waals surface area contributed by atoms with Crippen LogP contribution in [0.15, 0.2) is 0 Å². The van der Waals surface area contributed by atoms with E-state index in [1.54, 1.807) is 0 Å². The minimum atomic E-state index is 0.313. The fourth-order valence-electron chi connectivity index (χ4n) is 1.61. The van der Waals surface area contributed by atoms with Crippen LogP contribution in [0.5, 0.6) is 0 Å². The normalized spacial score (nSPS) is 12.0. The molecule has 122 valence electrons. The predicted octanol–water partition coefficient (Wildman–Crippen LogP) is 4.41. The van der Waals surface area contributed by atoms with Crippen LogP contribution in [-0.2, 0) is 14.2 Å². The van der Waals surface area contributed by atoms with E-state index in [2.05, 4.69) is 45.7 Å². The summed E-state index contributed by atoms with van der Waals surface area (Å²) in [6.45, 7) is 8.69. The third-order valence-electron chi connectivity index (χ3n) is 3.48. The zero-order valence-corrected chi connectivity index (χ0v) is 16.1. The third kappa shape index (κ3) is 10.6. The highest BCUT2D eigenvalue weighted by Gasteiger charge is 2.25. The van der Waals surface area contributed by atoms with Crippen LogP contribution >= 0.6 is 31.9 Å². The molecule has 0 aromatic rings. The van der Waals surface area contributed by atoms with Crippen LogP contribution in [0.25, 0.3) is 0 Å². The van der Waals surface area contributed by atoms with Crippen LogP contribution in [0, 0.1) is 5.41 Å². The highest BCUT2D eigenvalue weighted by Crippen LogP contribution is 2.31. The summed E-state index contributed by atoms with van der Waals surface area (Å²) in [6, 6.07) is 0. The molecule has 0 fully saturated rings. The molecule has 20 heavy (non-hydrogen) atoms. The summed E-state index contributed by atoms with van der Waals surface area (Å²) in [4.78, 5) is 0. The topological polar surface area (TPSA) is 27.7 Å². The Balaban J connectivity index is 3.32. The quantitative estimate of drug-likeness (QED) is 0.291. The van der Waals surface area contributed by atoms with Crippen molar-refractivity contribution in [1.82, 2.24) is 0 Å². The van der Waals surface area contributed by atoms with E-state index in [0.717, 1.165) is 43.1 Å². The van der Waals surface area contributed by atoms with Gasteiger partial charge in [0.25, 0.3) is 0 Å². The first kappa shape index (κ1) is 20.8. The number of hydrogen-bond donors (Lipinski definition) is 0. The molecule has 0 aromatic heterocycles. The summed E-state index contributed by atoms with van der Waals surface area (Å²) in [5.74, 6) is 0. The minimum Gasteiger partial charge on any atom is -0.379 e. The van der Waals surface area contributed by atoms with Crippen LogP contribution in [0.4, 0.5) is 0 Å². The maximum atomic E-state index is 5.63. The molecule has 0 radical (unpaired) electrons. The largest absolute Gasteiger partial charge is 0.379 e. The lowest BCUT2D eigenvalue weighted by atomic mass is 9.87. The van der Waals surface area contributed by atoms with Crippen LogP contribution in [0.2, 0.25) is 0 Å². The summed E-state index contributed by atoms with van der Waals surface area (Å²) in [5.41, 5.74) is 0.313. The Morgan fingerprint density at radius 3 is 1.70 bits per heavy atom. The van der Waals surface area contributed by atoms with Crippen LogP contribution in [-0.4, -0.2) is 50.3 Å². The molecule has 0 aliphatic heterocycles. The van der Waals surface area contributed by atoms with E-state index in [0.29, 0.717) is 31.8 Å². The Morgan fingerprint density at radius 2 is 1.25 bits per heavy atom. The molecule has 0 amide bonds. The van der Waals surface area contributed by atoms with Gasteiger partial charge in [0, 0.05) is 23.9 Å². The maximum Gasteiger partial charge on any atom is 0.0701 e. The molecular formula is C15H30Br2O3. The van der Waals surface area contributed by atoms with E-state index in [9.17, 15) is 0 Å². The van der Waals surface area contributed by atoms with Crippen molar-refractivity contribution in [2.24, 2.45) is 5.41 Å². The molecule has 0 N–H and O–H groups in total. The first-order chi connectivity index (χ1) is 9.74. The van der Waals surface area contributed by atoms with Crippen molar-refractivity contribution in [2.45, 2.75) is 39.5 Å². The molecule has 0 saturated carbocycles. The SMILES string of the molecule is CCCCOCCOCCOCCC(CC)(CBr)CBr. The number of alkyl halides is 2. The molecular weight excluding hydrogens is 388 g/mol. The second-order valence-electron chi connectivity index (χ2n) is 5.06. The zero-order chi connectivity index (χ0) is 15.1. The Labute approximate surface area is 141 Å². The highest BCUT2D eigenvalue weighted by atomic mass is 79.9. The molecule has 0 spiro atoms. The average molecular weight is 418 g/mol. The van der Waals surface area contributed by atoms with E-state index < -0.39 is 0 Å². The molecule has 0 heterocycles. The van der Waals surface area contributed by atoms with Crippen LogP contribution < -0.4 is 0 Å². The van der Waals surface area contributed by atoms with Crippen molar-refractivity contribution >= 4 is 31.9 Å². The van der Waals surface area contributed by atoms with Crippen molar-refractivity contribution in [3.63, 3.8) is 0 Å². The van der Waals surface area contributed by atoms with Crippen molar-refractivity contribution in [2.75, 3.05) is 50.3 Å². The van der Waals surface area contributed by atoms with Gasteiger partial charge in [0.1, 0.15) is 0 Å². The smallest absolute Gasteiger partial charge is 0.0701 e. The van der Waals surface area contributed by atoms with Gasteiger partial charge in [0.05, 0.1) is 26.4 Å². The van der Waals surface area contributed by atoms with Gasteiger partial charge in [-0.1, -0.05) is 52.1 Å². The van der Waals surface area contributed by atoms with Crippen molar-refractivity contribution in [3.8, 4) is 0 Å². The lowest BCUT2D eigenvalue weighted by Crippen LogP contribution is -2.26. The van der Waals surface area contributed by atoms with E-state index in [1.807, 2.05) is 0 Å². The zero-order valence-electron chi connectivity index (χ0n) is 13.0. The number of ether oxygens (including phenoxy) is 3. The summed E-state index contributed by atoms with van der Waals surface area (Å²) in [7, 11) is 0. The monoisotopic (exact) mass is 416 g/mol. The van der Waals surface area contributed by atoms with E-state index in [1.165, 1.54) is 6.42 Å². The Morgan fingerprint density at radius 1 is 0.750 bits per heavy atom. The second kappa shape index (κ2) is 14.8. The van der Waals surface area contributed by atoms with E-state index in [-0.39, 0.29) is 0 Å². The first-order valence-corrected chi connectivity index (χ1v) is 9.84. The number of rotatable bonds is 15. The van der Waals surface area contributed by atoms with Crippen LogP contribution in [0.3, 0.4) is 0 Å². The molecule has 5 heteroatoms. The van der Waals surface area contributed by atoms with E-state index in [4.69, 9.17) is 14.2 Å². The third-order valence-corrected chi connectivity index (χ3v) is 5.86. The molecule has 0 unspecified atom stereocenters. The molecule has 0 aliphatic carbocycles. The Kier molecular flexibility index (Phi) is 15.4. The summed E-state index contributed by atoms with van der Waals surface area (Å²) >= 11 is 7.20. The first-order valence-electron chi connectivity index (χ1n) is 7.60. The molecule has 0 saturated heterocycles. The molecule has 0 aromatic carbocycles. The van der Waals surface area contributed by atoms with Gasteiger partial charge in [-0.25, -0.2) is 0 Å². The molecule has 0 rings (SSSR count). The maximum absolute atomic E-state index is 5.63. The minimum absolute atomic E-state index is 0.313. The lowest BCUT2D eigenvalue weighted by molar-refractivity contribution is 0.00964. The van der Waals surface area contributed by atoms with Gasteiger partial charge in [-0.05, 0) is 24.7 Å². The lowest BCUT2D eigenvalue weighted by Gasteiger charge is -2.28. The van der Waals surface area contributed by atoms with Gasteiger partial charge < -0.3 is 14.2 Å². The standard InChI is InChI=1S/C15H30Br2O3/c1-3-5-7-18-9-11-20-12-10-19-8-6-15(4-2,13-16)14-17/h3-14H2,1-2H3. The van der Waals surface area contributed by atoms with Crippen molar-refractivity contribution in [3.05, 3.63) is 0 Å². The Hall–Kier alpha value is 0.840. The molecule has 0 bridgehead atoms. The van der Waals surface area contributed by atoms with Crippen molar-refractivity contribution < 1.29 is 14.2 Å². The van der Waals surface area contributed by atoms with Gasteiger partial charge in [0.15, 0.2) is 0 Å². The number of unbranched alkanes of at least 4 members (excludes halogenated alkanes) is 1. The van der Waals surface area contributed by atoms with Gasteiger partial charge in [0.2, 0.25) is 0 Å². The predicted molar refractivity (Wildman–Crippen MR) is 92.3 cm³/mol. The molecule has 3 nitrogen and oxygen atoms in total. The van der Waals surface area contributed by atoms with Gasteiger partial charge in [-0.15, -0.1) is 0 Å². The Bertz CT molecular complexity index is 191. The second-order valence-corrected chi connectivity index (χ2v) is 6.18. The van der Waals surface area contributed by atoms with Gasteiger partial charge >= 0.3 is 0 Å². The fourth-order valence-corrected chi connectivity index (χ4v) is 3.89. The van der Waals surface area contributed by atoms with Crippen LogP contribution in [0.1, 0.15) is 39.5 Å².